The fourth-order valence-corrected chi connectivity index (χ4v) is 2.58. The van der Waals surface area contributed by atoms with Crippen molar-refractivity contribution in [1.29, 1.82) is 0 Å². The molecule has 2 rings (SSSR count). The van der Waals surface area contributed by atoms with E-state index in [0.29, 0.717) is 24.9 Å². The lowest BCUT2D eigenvalue weighted by molar-refractivity contribution is 0.0425. The van der Waals surface area contributed by atoms with E-state index in [4.69, 9.17) is 9.47 Å². The van der Waals surface area contributed by atoms with Crippen LogP contribution in [-0.4, -0.2) is 39.8 Å². The summed E-state index contributed by atoms with van der Waals surface area (Å²) in [4.78, 5) is 11.9. The molecule has 1 aliphatic heterocycles. The molecule has 0 bridgehead atoms. The summed E-state index contributed by atoms with van der Waals surface area (Å²) in [5.41, 5.74) is 1.15. The minimum Gasteiger partial charge on any atom is -0.461 e. The number of hydrogen-bond acceptors (Lipinski definition) is 5. The molecule has 1 aliphatic rings. The number of nitrogens with zero attached hydrogens (tertiary/aromatic N) is 3. The molecule has 0 spiro atoms. The lowest BCUT2D eigenvalue weighted by Crippen LogP contribution is -2.20. The summed E-state index contributed by atoms with van der Waals surface area (Å²) in [5, 5.41) is 8.11. The van der Waals surface area contributed by atoms with Crippen LogP contribution in [0.4, 0.5) is 0 Å². The first-order valence-electron chi connectivity index (χ1n) is 7.28. The minimum atomic E-state index is -0.400. The molecule has 1 fully saturated rings. The minimum absolute atomic E-state index is 0.152. The molecule has 0 aromatic carbocycles. The molecule has 1 aromatic rings. The fourth-order valence-electron chi connectivity index (χ4n) is 2.58. The van der Waals surface area contributed by atoms with Crippen molar-refractivity contribution in [1.82, 2.24) is 15.0 Å². The molecule has 0 saturated carbocycles. The van der Waals surface area contributed by atoms with E-state index in [1.165, 1.54) is 0 Å². The van der Waals surface area contributed by atoms with Gasteiger partial charge in [-0.3, -0.25) is 0 Å². The number of rotatable bonds is 5. The molecule has 20 heavy (non-hydrogen) atoms. The SMILES string of the molecule is CCOC(=O)c1nnn(CC2CCC(C)O2)c1C(C)C. The maximum Gasteiger partial charge on any atom is 0.360 e. The molecule has 0 N–H and O–H groups in total. The molecule has 0 amide bonds. The zero-order valence-corrected chi connectivity index (χ0v) is 12.6. The van der Waals surface area contributed by atoms with Gasteiger partial charge < -0.3 is 9.47 Å². The van der Waals surface area contributed by atoms with E-state index < -0.39 is 5.97 Å². The Morgan fingerprint density at radius 2 is 2.25 bits per heavy atom. The van der Waals surface area contributed by atoms with Crippen LogP contribution in [0.25, 0.3) is 0 Å². The Labute approximate surface area is 119 Å². The smallest absolute Gasteiger partial charge is 0.360 e. The molecule has 2 heterocycles. The quantitative estimate of drug-likeness (QED) is 0.774. The van der Waals surface area contributed by atoms with E-state index in [1.54, 1.807) is 11.6 Å². The van der Waals surface area contributed by atoms with Gasteiger partial charge in [0.1, 0.15) is 0 Å². The molecule has 2 unspecified atom stereocenters. The fraction of sp³-hybridized carbons (Fsp3) is 0.786. The van der Waals surface area contributed by atoms with E-state index in [-0.39, 0.29) is 12.0 Å². The summed E-state index contributed by atoms with van der Waals surface area (Å²) in [6, 6.07) is 0. The van der Waals surface area contributed by atoms with Crippen molar-refractivity contribution in [2.24, 2.45) is 0 Å². The van der Waals surface area contributed by atoms with Crippen LogP contribution in [0.5, 0.6) is 0 Å². The molecule has 1 aromatic heterocycles. The number of carbonyl (C=O) groups excluding carboxylic acids is 1. The predicted molar refractivity (Wildman–Crippen MR) is 73.6 cm³/mol. The lowest BCUT2D eigenvalue weighted by atomic mass is 10.1. The first kappa shape index (κ1) is 15.0. The van der Waals surface area contributed by atoms with Crippen molar-refractivity contribution in [3.8, 4) is 0 Å². The van der Waals surface area contributed by atoms with Gasteiger partial charge in [-0.25, -0.2) is 9.48 Å². The van der Waals surface area contributed by atoms with Crippen LogP contribution in [0.3, 0.4) is 0 Å². The Balaban J connectivity index is 2.18. The lowest BCUT2D eigenvalue weighted by Gasteiger charge is -2.15. The summed E-state index contributed by atoms with van der Waals surface area (Å²) >= 11 is 0. The molecule has 6 nitrogen and oxygen atoms in total. The normalized spacial score (nSPS) is 22.4. The third kappa shape index (κ3) is 3.17. The van der Waals surface area contributed by atoms with Crippen LogP contribution in [0.2, 0.25) is 0 Å². The van der Waals surface area contributed by atoms with Crippen molar-refractivity contribution in [2.45, 2.75) is 65.2 Å². The van der Waals surface area contributed by atoms with Gasteiger partial charge in [0, 0.05) is 0 Å². The predicted octanol–water partition coefficient (Wildman–Crippen LogP) is 2.15. The molecule has 2 atom stereocenters. The molecule has 0 aliphatic carbocycles. The second-order valence-electron chi connectivity index (χ2n) is 5.53. The Morgan fingerprint density at radius 1 is 1.50 bits per heavy atom. The first-order valence-corrected chi connectivity index (χ1v) is 7.28. The maximum atomic E-state index is 11.9. The Morgan fingerprint density at radius 3 is 2.80 bits per heavy atom. The van der Waals surface area contributed by atoms with E-state index in [0.717, 1.165) is 18.5 Å². The monoisotopic (exact) mass is 281 g/mol. The second-order valence-corrected chi connectivity index (χ2v) is 5.53. The van der Waals surface area contributed by atoms with Crippen molar-refractivity contribution in [3.63, 3.8) is 0 Å². The third-order valence-corrected chi connectivity index (χ3v) is 3.49. The van der Waals surface area contributed by atoms with Gasteiger partial charge in [0.2, 0.25) is 0 Å². The molecule has 1 saturated heterocycles. The molecule has 0 radical (unpaired) electrons. The zero-order valence-electron chi connectivity index (χ0n) is 12.6. The molecule has 6 heteroatoms. The number of ether oxygens (including phenoxy) is 2. The van der Waals surface area contributed by atoms with Crippen molar-refractivity contribution >= 4 is 5.97 Å². The van der Waals surface area contributed by atoms with E-state index in [1.807, 2.05) is 13.8 Å². The van der Waals surface area contributed by atoms with Gasteiger partial charge in [0.25, 0.3) is 0 Å². The third-order valence-electron chi connectivity index (χ3n) is 3.49. The van der Waals surface area contributed by atoms with E-state index in [2.05, 4.69) is 17.2 Å². The highest BCUT2D eigenvalue weighted by Crippen LogP contribution is 2.23. The zero-order chi connectivity index (χ0) is 14.7. The highest BCUT2D eigenvalue weighted by Gasteiger charge is 2.27. The highest BCUT2D eigenvalue weighted by atomic mass is 16.5. The van der Waals surface area contributed by atoms with Crippen LogP contribution < -0.4 is 0 Å². The van der Waals surface area contributed by atoms with Gasteiger partial charge >= 0.3 is 5.97 Å². The van der Waals surface area contributed by atoms with Crippen LogP contribution in [0, 0.1) is 0 Å². The maximum absolute atomic E-state index is 11.9. The van der Waals surface area contributed by atoms with Crippen LogP contribution >= 0.6 is 0 Å². The van der Waals surface area contributed by atoms with Crippen LogP contribution in [0.1, 0.15) is 62.6 Å². The van der Waals surface area contributed by atoms with E-state index in [9.17, 15) is 4.79 Å². The second kappa shape index (κ2) is 6.35. The summed E-state index contributed by atoms with van der Waals surface area (Å²) < 4.78 is 12.6. The summed E-state index contributed by atoms with van der Waals surface area (Å²) in [5.74, 6) is -0.244. The summed E-state index contributed by atoms with van der Waals surface area (Å²) in [7, 11) is 0. The van der Waals surface area contributed by atoms with Crippen molar-refractivity contribution < 1.29 is 14.3 Å². The van der Waals surface area contributed by atoms with Gasteiger partial charge in [0.15, 0.2) is 5.69 Å². The van der Waals surface area contributed by atoms with Crippen molar-refractivity contribution in [3.05, 3.63) is 11.4 Å². The Kier molecular flexibility index (Phi) is 4.75. The average molecular weight is 281 g/mol. The Bertz CT molecular complexity index is 470. The summed E-state index contributed by atoms with van der Waals surface area (Å²) in [6.45, 7) is 8.89. The number of carbonyl (C=O) groups is 1. The first-order chi connectivity index (χ1) is 9.52. The molecular formula is C14H23N3O3. The van der Waals surface area contributed by atoms with Gasteiger partial charge in [0.05, 0.1) is 31.1 Å². The van der Waals surface area contributed by atoms with E-state index >= 15 is 0 Å². The average Bonchev–Trinajstić information content (AvgIpc) is 2.96. The van der Waals surface area contributed by atoms with Gasteiger partial charge in [-0.05, 0) is 32.6 Å². The molecular weight excluding hydrogens is 258 g/mol. The highest BCUT2D eigenvalue weighted by molar-refractivity contribution is 5.88. The number of esters is 1. The summed E-state index contributed by atoms with van der Waals surface area (Å²) in [6.07, 6.45) is 2.55. The molecule has 112 valence electrons. The van der Waals surface area contributed by atoms with Gasteiger partial charge in [-0.1, -0.05) is 19.1 Å². The van der Waals surface area contributed by atoms with Gasteiger partial charge in [-0.15, -0.1) is 5.10 Å². The van der Waals surface area contributed by atoms with Crippen molar-refractivity contribution in [2.75, 3.05) is 6.61 Å². The van der Waals surface area contributed by atoms with Crippen LogP contribution in [0.15, 0.2) is 0 Å². The largest absolute Gasteiger partial charge is 0.461 e. The standard InChI is InChI=1S/C14H23N3O3/c1-5-19-14(18)12-13(9(2)3)17(16-15-12)8-11-7-6-10(4)20-11/h9-11H,5-8H2,1-4H3. The van der Waals surface area contributed by atoms with Crippen LogP contribution in [-0.2, 0) is 16.0 Å². The number of hydrogen-bond donors (Lipinski definition) is 0. The number of aromatic nitrogens is 3. The van der Waals surface area contributed by atoms with Gasteiger partial charge in [-0.2, -0.15) is 0 Å². The Hall–Kier alpha value is -1.43. The topological polar surface area (TPSA) is 66.2 Å².